The number of aldehydes is 1. The summed E-state index contributed by atoms with van der Waals surface area (Å²) in [6.45, 7) is 0. The highest BCUT2D eigenvalue weighted by molar-refractivity contribution is 5.84. The van der Waals surface area contributed by atoms with Gasteiger partial charge < -0.3 is 4.42 Å². The third-order valence-corrected chi connectivity index (χ3v) is 1.53. The van der Waals surface area contributed by atoms with Gasteiger partial charge in [0.2, 0.25) is 0 Å². The lowest BCUT2D eigenvalue weighted by Crippen LogP contribution is -1.78. The Morgan fingerprint density at radius 1 is 1.58 bits per heavy atom. The normalized spacial score (nSPS) is 10.4. The molecule has 0 saturated carbocycles. The largest absolute Gasteiger partial charge is 0.448 e. The summed E-state index contributed by atoms with van der Waals surface area (Å²) < 4.78 is 17.7. The fraction of sp³-hybridized carbons (Fsp3) is 0. The van der Waals surface area contributed by atoms with Gasteiger partial charge in [-0.15, -0.1) is 0 Å². The summed E-state index contributed by atoms with van der Waals surface area (Å²) in [6, 6.07) is 3.04. The van der Waals surface area contributed by atoms with E-state index in [1.807, 2.05) is 0 Å². The molecular formula is C8H4FNO2. The number of carbonyl (C=O) groups is 1. The lowest BCUT2D eigenvalue weighted by atomic mass is 10.3. The van der Waals surface area contributed by atoms with Crippen LogP contribution in [0.4, 0.5) is 4.39 Å². The topological polar surface area (TPSA) is 43.1 Å². The van der Waals surface area contributed by atoms with Gasteiger partial charge in [-0.05, 0) is 12.1 Å². The van der Waals surface area contributed by atoms with Crippen LogP contribution in [-0.4, -0.2) is 11.3 Å². The standard InChI is InChI=1S/C8H4FNO2/c9-8-7-5(1-2-10-8)3-6(4-11)12-7/h1-4H. The number of pyridine rings is 1. The van der Waals surface area contributed by atoms with Crippen LogP contribution < -0.4 is 0 Å². The molecule has 0 bridgehead atoms. The van der Waals surface area contributed by atoms with Gasteiger partial charge in [-0.25, -0.2) is 4.98 Å². The molecule has 2 aromatic heterocycles. The van der Waals surface area contributed by atoms with Crippen LogP contribution in [0.1, 0.15) is 10.6 Å². The highest BCUT2D eigenvalue weighted by Crippen LogP contribution is 2.18. The summed E-state index contributed by atoms with van der Waals surface area (Å²) in [5, 5.41) is 0.546. The van der Waals surface area contributed by atoms with Crippen LogP contribution in [0.2, 0.25) is 0 Å². The van der Waals surface area contributed by atoms with Crippen molar-refractivity contribution >= 4 is 17.3 Å². The number of carbonyl (C=O) groups excluding carboxylic acids is 1. The summed E-state index contributed by atoms with van der Waals surface area (Å²) in [5.74, 6) is -0.586. The Bertz CT molecular complexity index is 436. The molecule has 0 radical (unpaired) electrons. The molecule has 0 aliphatic heterocycles. The Kier molecular flexibility index (Phi) is 1.40. The average molecular weight is 165 g/mol. The van der Waals surface area contributed by atoms with Gasteiger partial charge in [-0.3, -0.25) is 4.79 Å². The first-order valence-electron chi connectivity index (χ1n) is 3.30. The number of aromatic nitrogens is 1. The number of rotatable bonds is 1. The zero-order valence-electron chi connectivity index (χ0n) is 5.95. The lowest BCUT2D eigenvalue weighted by Gasteiger charge is -1.86. The maximum atomic E-state index is 12.8. The van der Waals surface area contributed by atoms with Crippen LogP contribution in [0.25, 0.3) is 11.0 Å². The van der Waals surface area contributed by atoms with Gasteiger partial charge in [-0.1, -0.05) is 0 Å². The zero-order chi connectivity index (χ0) is 8.55. The second-order valence-electron chi connectivity index (χ2n) is 2.29. The first-order chi connectivity index (χ1) is 5.81. The van der Waals surface area contributed by atoms with E-state index in [9.17, 15) is 9.18 Å². The van der Waals surface area contributed by atoms with Crippen LogP contribution in [-0.2, 0) is 0 Å². The Morgan fingerprint density at radius 2 is 2.42 bits per heavy atom. The number of fused-ring (bicyclic) bond motifs is 1. The van der Waals surface area contributed by atoms with Crippen molar-refractivity contribution in [3.05, 3.63) is 30.0 Å². The third-order valence-electron chi connectivity index (χ3n) is 1.53. The fourth-order valence-electron chi connectivity index (χ4n) is 1.01. The lowest BCUT2D eigenvalue weighted by molar-refractivity contribution is 0.110. The summed E-state index contributed by atoms with van der Waals surface area (Å²) in [4.78, 5) is 13.6. The first-order valence-corrected chi connectivity index (χ1v) is 3.30. The molecule has 0 spiro atoms. The van der Waals surface area contributed by atoms with Gasteiger partial charge in [0.15, 0.2) is 17.6 Å². The van der Waals surface area contributed by atoms with Gasteiger partial charge in [0.25, 0.3) is 5.95 Å². The fourth-order valence-corrected chi connectivity index (χ4v) is 1.01. The van der Waals surface area contributed by atoms with Crippen LogP contribution in [0, 0.1) is 5.95 Å². The minimum absolute atomic E-state index is 0.0274. The van der Waals surface area contributed by atoms with Gasteiger partial charge in [-0.2, -0.15) is 4.39 Å². The van der Waals surface area contributed by atoms with Crippen molar-refractivity contribution in [3.8, 4) is 0 Å². The van der Waals surface area contributed by atoms with Crippen LogP contribution in [0.3, 0.4) is 0 Å². The van der Waals surface area contributed by atoms with Crippen molar-refractivity contribution in [2.24, 2.45) is 0 Å². The van der Waals surface area contributed by atoms with Crippen LogP contribution in [0.15, 0.2) is 22.7 Å². The minimum atomic E-state index is -0.694. The smallest absolute Gasteiger partial charge is 0.256 e. The van der Waals surface area contributed by atoms with E-state index in [0.717, 1.165) is 0 Å². The van der Waals surface area contributed by atoms with E-state index < -0.39 is 5.95 Å². The molecule has 3 nitrogen and oxygen atoms in total. The number of nitrogens with zero attached hydrogens (tertiary/aromatic N) is 1. The van der Waals surface area contributed by atoms with Gasteiger partial charge in [0, 0.05) is 11.6 Å². The number of hydrogen-bond acceptors (Lipinski definition) is 3. The number of hydrogen-bond donors (Lipinski definition) is 0. The zero-order valence-corrected chi connectivity index (χ0v) is 5.95. The Balaban J connectivity index is 2.82. The highest BCUT2D eigenvalue weighted by Gasteiger charge is 2.07. The van der Waals surface area contributed by atoms with Gasteiger partial charge in [0.05, 0.1) is 0 Å². The van der Waals surface area contributed by atoms with Crippen molar-refractivity contribution in [2.45, 2.75) is 0 Å². The van der Waals surface area contributed by atoms with E-state index in [-0.39, 0.29) is 11.3 Å². The van der Waals surface area contributed by atoms with Crippen LogP contribution in [0.5, 0.6) is 0 Å². The molecule has 12 heavy (non-hydrogen) atoms. The van der Waals surface area contributed by atoms with Crippen LogP contribution >= 0.6 is 0 Å². The van der Waals surface area contributed by atoms with E-state index in [0.29, 0.717) is 11.7 Å². The van der Waals surface area contributed by atoms with Crippen molar-refractivity contribution in [1.29, 1.82) is 0 Å². The average Bonchev–Trinajstić information content (AvgIpc) is 2.49. The molecule has 2 aromatic rings. The van der Waals surface area contributed by atoms with Crippen molar-refractivity contribution in [3.63, 3.8) is 0 Å². The summed E-state index contributed by atoms with van der Waals surface area (Å²) in [7, 11) is 0. The predicted molar refractivity (Wildman–Crippen MR) is 39.4 cm³/mol. The van der Waals surface area contributed by atoms with Gasteiger partial charge in [0.1, 0.15) is 0 Å². The molecule has 0 aromatic carbocycles. The molecule has 2 heterocycles. The van der Waals surface area contributed by atoms with E-state index in [1.54, 1.807) is 6.07 Å². The number of furan rings is 1. The molecule has 0 aliphatic rings. The summed E-state index contributed by atoms with van der Waals surface area (Å²) in [6.07, 6.45) is 1.85. The molecule has 0 saturated heterocycles. The Labute approximate surface area is 66.8 Å². The molecule has 4 heteroatoms. The van der Waals surface area contributed by atoms with Crippen molar-refractivity contribution in [2.75, 3.05) is 0 Å². The second-order valence-corrected chi connectivity index (χ2v) is 2.29. The monoisotopic (exact) mass is 165 g/mol. The number of halogens is 1. The third kappa shape index (κ3) is 0.887. The molecule has 0 fully saturated rings. The van der Waals surface area contributed by atoms with E-state index in [1.165, 1.54) is 12.3 Å². The van der Waals surface area contributed by atoms with E-state index in [2.05, 4.69) is 4.98 Å². The molecular weight excluding hydrogens is 161 g/mol. The van der Waals surface area contributed by atoms with Crippen molar-refractivity contribution in [1.82, 2.24) is 4.98 Å². The summed E-state index contributed by atoms with van der Waals surface area (Å²) in [5.41, 5.74) is 0.0274. The molecule has 0 unspecified atom stereocenters. The first kappa shape index (κ1) is 6.97. The second kappa shape index (κ2) is 2.41. The Morgan fingerprint density at radius 3 is 3.08 bits per heavy atom. The molecule has 0 N–H and O–H groups in total. The molecule has 0 amide bonds. The SMILES string of the molecule is O=Cc1cc2ccnc(F)c2o1. The Hall–Kier alpha value is -1.71. The molecule has 0 atom stereocenters. The molecule has 0 aliphatic carbocycles. The van der Waals surface area contributed by atoms with Crippen molar-refractivity contribution < 1.29 is 13.6 Å². The molecule has 2 rings (SSSR count). The molecule has 60 valence electrons. The van der Waals surface area contributed by atoms with E-state index in [4.69, 9.17) is 4.42 Å². The quantitative estimate of drug-likeness (QED) is 0.477. The predicted octanol–water partition coefficient (Wildman–Crippen LogP) is 1.78. The maximum absolute atomic E-state index is 12.8. The summed E-state index contributed by atoms with van der Waals surface area (Å²) >= 11 is 0. The minimum Gasteiger partial charge on any atom is -0.448 e. The maximum Gasteiger partial charge on any atom is 0.256 e. The van der Waals surface area contributed by atoms with E-state index >= 15 is 0 Å². The van der Waals surface area contributed by atoms with Gasteiger partial charge >= 0.3 is 0 Å². The highest BCUT2D eigenvalue weighted by atomic mass is 19.1.